The molecule has 0 saturated carbocycles. The van der Waals surface area contributed by atoms with Crippen LogP contribution in [0.25, 0.3) is 22.2 Å². The molecule has 0 aliphatic carbocycles. The Morgan fingerprint density at radius 3 is 2.45 bits per heavy atom. The van der Waals surface area contributed by atoms with Crippen LogP contribution >= 0.6 is 0 Å². The van der Waals surface area contributed by atoms with E-state index < -0.39 is 0 Å². The molecule has 1 aliphatic rings. The Hall–Kier alpha value is -3.58. The van der Waals surface area contributed by atoms with E-state index in [1.807, 2.05) is 30.3 Å². The average molecular weight is 416 g/mol. The van der Waals surface area contributed by atoms with E-state index in [4.69, 9.17) is 4.52 Å². The van der Waals surface area contributed by atoms with Crippen LogP contribution in [0.2, 0.25) is 0 Å². The van der Waals surface area contributed by atoms with E-state index >= 15 is 0 Å². The van der Waals surface area contributed by atoms with Crippen molar-refractivity contribution in [3.8, 4) is 11.5 Å². The van der Waals surface area contributed by atoms with Gasteiger partial charge in [0, 0.05) is 37.3 Å². The molecule has 0 radical (unpaired) electrons. The lowest BCUT2D eigenvalue weighted by Gasteiger charge is -2.34. The third-order valence-corrected chi connectivity index (χ3v) is 5.58. The van der Waals surface area contributed by atoms with Gasteiger partial charge in [0.05, 0.1) is 6.54 Å². The summed E-state index contributed by atoms with van der Waals surface area (Å²) < 4.78 is 18.6. The number of hydrogen-bond donors (Lipinski definition) is 0. The van der Waals surface area contributed by atoms with Gasteiger partial charge in [-0.1, -0.05) is 35.5 Å². The van der Waals surface area contributed by atoms with Crippen LogP contribution < -0.4 is 0 Å². The average Bonchev–Trinajstić information content (AvgIpc) is 3.28. The van der Waals surface area contributed by atoms with Gasteiger partial charge in [0.2, 0.25) is 0 Å². The number of rotatable bonds is 4. The molecule has 1 amide bonds. The highest BCUT2D eigenvalue weighted by Crippen LogP contribution is 2.23. The molecule has 0 unspecified atom stereocenters. The summed E-state index contributed by atoms with van der Waals surface area (Å²) in [6.45, 7) is 3.20. The molecule has 1 saturated heterocycles. The van der Waals surface area contributed by atoms with E-state index in [1.165, 1.54) is 29.7 Å². The minimum absolute atomic E-state index is 0.0715. The van der Waals surface area contributed by atoms with Gasteiger partial charge in [-0.2, -0.15) is 4.98 Å². The molecule has 0 spiro atoms. The summed E-state index contributed by atoms with van der Waals surface area (Å²) in [6, 6.07) is 19.9. The molecule has 3 aromatic carbocycles. The molecule has 1 fully saturated rings. The molecule has 0 bridgehead atoms. The van der Waals surface area contributed by atoms with E-state index in [0.717, 1.165) is 10.9 Å². The SMILES string of the molecule is O=C(c1ccc(F)cc1)N1CCN(Cc2noc(-c3ccc4ccccc4c3)n2)CC1. The van der Waals surface area contributed by atoms with Crippen LogP contribution in [0.15, 0.2) is 71.3 Å². The standard InChI is InChI=1S/C24H21FN4O2/c25-21-9-7-18(8-10-21)24(30)29-13-11-28(12-14-29)16-22-26-23(31-27-22)20-6-5-17-3-1-2-4-19(17)15-20/h1-10,15H,11-14,16H2. The van der Waals surface area contributed by atoms with E-state index in [-0.39, 0.29) is 11.7 Å². The first-order chi connectivity index (χ1) is 15.2. The molecule has 0 N–H and O–H groups in total. The maximum Gasteiger partial charge on any atom is 0.257 e. The first kappa shape index (κ1) is 19.4. The number of hydrogen-bond acceptors (Lipinski definition) is 5. The van der Waals surface area contributed by atoms with Crippen molar-refractivity contribution in [2.45, 2.75) is 6.54 Å². The van der Waals surface area contributed by atoms with Crippen LogP contribution in [0.5, 0.6) is 0 Å². The second-order valence-corrected chi connectivity index (χ2v) is 7.65. The minimum atomic E-state index is -0.343. The molecular weight excluding hydrogens is 395 g/mol. The number of nitrogens with zero attached hydrogens (tertiary/aromatic N) is 4. The van der Waals surface area contributed by atoms with E-state index in [1.54, 1.807) is 4.90 Å². The zero-order valence-electron chi connectivity index (χ0n) is 16.9. The van der Waals surface area contributed by atoms with Crippen LogP contribution in [-0.4, -0.2) is 52.0 Å². The zero-order chi connectivity index (χ0) is 21.2. The molecule has 5 rings (SSSR count). The van der Waals surface area contributed by atoms with Crippen molar-refractivity contribution >= 4 is 16.7 Å². The molecule has 1 aromatic heterocycles. The first-order valence-corrected chi connectivity index (χ1v) is 10.2. The zero-order valence-corrected chi connectivity index (χ0v) is 16.9. The van der Waals surface area contributed by atoms with Crippen molar-refractivity contribution in [1.82, 2.24) is 19.9 Å². The first-order valence-electron chi connectivity index (χ1n) is 10.2. The number of aromatic nitrogens is 2. The molecule has 2 heterocycles. The Balaban J connectivity index is 1.20. The molecular formula is C24H21FN4O2. The highest BCUT2D eigenvalue weighted by atomic mass is 19.1. The number of benzene rings is 3. The summed E-state index contributed by atoms with van der Waals surface area (Å²) in [4.78, 5) is 21.1. The minimum Gasteiger partial charge on any atom is -0.336 e. The lowest BCUT2D eigenvalue weighted by molar-refractivity contribution is 0.0624. The Morgan fingerprint density at radius 2 is 1.68 bits per heavy atom. The van der Waals surface area contributed by atoms with E-state index in [2.05, 4.69) is 27.2 Å². The van der Waals surface area contributed by atoms with Gasteiger partial charge in [0.15, 0.2) is 5.82 Å². The fraction of sp³-hybridized carbons (Fsp3) is 0.208. The summed E-state index contributed by atoms with van der Waals surface area (Å²) in [5.41, 5.74) is 1.40. The van der Waals surface area contributed by atoms with E-state index in [9.17, 15) is 9.18 Å². The van der Waals surface area contributed by atoms with Crippen molar-refractivity contribution < 1.29 is 13.7 Å². The van der Waals surface area contributed by atoms with Crippen LogP contribution in [0.4, 0.5) is 4.39 Å². The molecule has 0 atom stereocenters. The predicted molar refractivity (Wildman–Crippen MR) is 115 cm³/mol. The summed E-state index contributed by atoms with van der Waals surface area (Å²) in [6.07, 6.45) is 0. The van der Waals surface area contributed by atoms with E-state index in [0.29, 0.717) is 50.0 Å². The summed E-state index contributed by atoms with van der Waals surface area (Å²) in [5, 5.41) is 6.43. The highest BCUT2D eigenvalue weighted by Gasteiger charge is 2.23. The van der Waals surface area contributed by atoms with Gasteiger partial charge in [-0.05, 0) is 47.2 Å². The van der Waals surface area contributed by atoms with Gasteiger partial charge in [-0.25, -0.2) is 4.39 Å². The monoisotopic (exact) mass is 416 g/mol. The number of amides is 1. The fourth-order valence-electron chi connectivity index (χ4n) is 3.84. The quantitative estimate of drug-likeness (QED) is 0.504. The maximum absolute atomic E-state index is 13.1. The number of piperazine rings is 1. The molecule has 156 valence electrons. The topological polar surface area (TPSA) is 62.5 Å². The van der Waals surface area contributed by atoms with Gasteiger partial charge in [-0.15, -0.1) is 0 Å². The third kappa shape index (κ3) is 4.18. The van der Waals surface area contributed by atoms with Gasteiger partial charge < -0.3 is 9.42 Å². The lowest BCUT2D eigenvalue weighted by atomic mass is 10.1. The highest BCUT2D eigenvalue weighted by molar-refractivity contribution is 5.94. The molecule has 31 heavy (non-hydrogen) atoms. The van der Waals surface area contributed by atoms with Crippen molar-refractivity contribution in [2.75, 3.05) is 26.2 Å². The summed E-state index contributed by atoms with van der Waals surface area (Å²) in [7, 11) is 0. The van der Waals surface area contributed by atoms with Crippen molar-refractivity contribution in [1.29, 1.82) is 0 Å². The molecule has 6 nitrogen and oxygen atoms in total. The van der Waals surface area contributed by atoms with Gasteiger partial charge in [0.1, 0.15) is 5.82 Å². The largest absolute Gasteiger partial charge is 0.336 e. The molecule has 1 aliphatic heterocycles. The number of fused-ring (bicyclic) bond motifs is 1. The van der Waals surface area contributed by atoms with Crippen LogP contribution in [-0.2, 0) is 6.54 Å². The predicted octanol–water partition coefficient (Wildman–Crippen LogP) is 3.99. The second-order valence-electron chi connectivity index (χ2n) is 7.65. The maximum atomic E-state index is 13.1. The van der Waals surface area contributed by atoms with Gasteiger partial charge in [0.25, 0.3) is 11.8 Å². The summed E-state index contributed by atoms with van der Waals surface area (Å²) >= 11 is 0. The van der Waals surface area contributed by atoms with Crippen LogP contribution in [0.1, 0.15) is 16.2 Å². The number of halogens is 1. The number of carbonyl (C=O) groups excluding carboxylic acids is 1. The molecule has 7 heteroatoms. The van der Waals surface area contributed by atoms with Crippen molar-refractivity contribution in [3.05, 3.63) is 83.9 Å². The Morgan fingerprint density at radius 1 is 0.935 bits per heavy atom. The summed E-state index contributed by atoms with van der Waals surface area (Å²) in [5.74, 6) is 0.717. The van der Waals surface area contributed by atoms with Crippen molar-refractivity contribution in [2.24, 2.45) is 0 Å². The number of carbonyl (C=O) groups is 1. The Bertz CT molecular complexity index is 1210. The Kier molecular flexibility index (Phi) is 5.18. The van der Waals surface area contributed by atoms with Crippen LogP contribution in [0.3, 0.4) is 0 Å². The van der Waals surface area contributed by atoms with Crippen molar-refractivity contribution in [3.63, 3.8) is 0 Å². The van der Waals surface area contributed by atoms with Gasteiger partial charge in [-0.3, -0.25) is 9.69 Å². The third-order valence-electron chi connectivity index (χ3n) is 5.58. The molecule has 4 aromatic rings. The van der Waals surface area contributed by atoms with Gasteiger partial charge >= 0.3 is 0 Å². The smallest absolute Gasteiger partial charge is 0.257 e. The lowest BCUT2D eigenvalue weighted by Crippen LogP contribution is -2.48. The normalized spacial score (nSPS) is 14.8. The Labute approximate surface area is 178 Å². The fourth-order valence-corrected chi connectivity index (χ4v) is 3.84. The second kappa shape index (κ2) is 8.28. The van der Waals surface area contributed by atoms with Crippen LogP contribution in [0, 0.1) is 5.82 Å².